The summed E-state index contributed by atoms with van der Waals surface area (Å²) >= 11 is 0. The van der Waals surface area contributed by atoms with Crippen molar-refractivity contribution >= 4 is 0 Å². The van der Waals surface area contributed by atoms with Crippen LogP contribution in [0.2, 0.25) is 0 Å². The summed E-state index contributed by atoms with van der Waals surface area (Å²) in [4.78, 5) is 0. The van der Waals surface area contributed by atoms with Crippen LogP contribution in [-0.4, -0.2) is 50.0 Å². The summed E-state index contributed by atoms with van der Waals surface area (Å²) in [5.74, 6) is 0. The van der Waals surface area contributed by atoms with E-state index in [1.807, 2.05) is 37.3 Å². The fraction of sp³-hybridized carbons (Fsp3) is 0.600. The topological polar surface area (TPSA) is 57.2 Å². The van der Waals surface area contributed by atoms with Gasteiger partial charge >= 0.3 is 0 Å². The third-order valence-corrected chi connectivity index (χ3v) is 3.57. The van der Waals surface area contributed by atoms with Gasteiger partial charge in [0.25, 0.3) is 0 Å². The molecule has 0 radical (unpaired) electrons. The molecule has 2 rings (SSSR count). The Kier molecular flexibility index (Phi) is 5.51. The van der Waals surface area contributed by atoms with E-state index in [9.17, 15) is 5.11 Å². The number of aliphatic hydroxyl groups excluding tert-OH is 1. The van der Waals surface area contributed by atoms with E-state index in [1.165, 1.54) is 7.11 Å². The van der Waals surface area contributed by atoms with Gasteiger partial charge in [-0.25, -0.2) is 0 Å². The van der Waals surface area contributed by atoms with Gasteiger partial charge in [0.2, 0.25) is 0 Å². The van der Waals surface area contributed by atoms with Gasteiger partial charge in [0.15, 0.2) is 6.29 Å². The van der Waals surface area contributed by atoms with Crippen molar-refractivity contribution in [3.8, 4) is 0 Å². The van der Waals surface area contributed by atoms with Crippen LogP contribution >= 0.6 is 0 Å². The molecule has 0 aliphatic carbocycles. The molecule has 0 aromatic heterocycles. The van der Waals surface area contributed by atoms with Gasteiger partial charge in [-0.05, 0) is 12.5 Å². The SMILES string of the molecule is CO[C@H]1[C@@H](OC)[C@H](O)O[C@H](C)[C@@H]1OCc1ccccc1. The van der Waals surface area contributed by atoms with Crippen LogP contribution in [-0.2, 0) is 25.6 Å². The largest absolute Gasteiger partial charge is 0.376 e. The summed E-state index contributed by atoms with van der Waals surface area (Å²) < 4.78 is 22.1. The Balaban J connectivity index is 2.03. The van der Waals surface area contributed by atoms with E-state index < -0.39 is 12.4 Å². The summed E-state index contributed by atoms with van der Waals surface area (Å²) in [7, 11) is 3.10. The first-order valence-electron chi connectivity index (χ1n) is 6.72. The highest BCUT2D eigenvalue weighted by Gasteiger charge is 2.45. The highest BCUT2D eigenvalue weighted by molar-refractivity contribution is 5.13. The molecule has 1 heterocycles. The molecule has 5 heteroatoms. The zero-order chi connectivity index (χ0) is 14.5. The van der Waals surface area contributed by atoms with Gasteiger partial charge in [-0.15, -0.1) is 0 Å². The molecule has 0 unspecified atom stereocenters. The van der Waals surface area contributed by atoms with Gasteiger partial charge in [0, 0.05) is 14.2 Å². The van der Waals surface area contributed by atoms with Crippen molar-refractivity contribution in [3.05, 3.63) is 35.9 Å². The lowest BCUT2D eigenvalue weighted by molar-refractivity contribution is -0.296. The number of aliphatic hydroxyl groups is 1. The highest BCUT2D eigenvalue weighted by Crippen LogP contribution is 2.26. The zero-order valence-corrected chi connectivity index (χ0v) is 12.1. The van der Waals surface area contributed by atoms with E-state index in [0.717, 1.165) is 5.56 Å². The molecule has 1 aromatic carbocycles. The van der Waals surface area contributed by atoms with E-state index in [1.54, 1.807) is 7.11 Å². The van der Waals surface area contributed by atoms with Crippen molar-refractivity contribution in [3.63, 3.8) is 0 Å². The Morgan fingerprint density at radius 3 is 2.30 bits per heavy atom. The van der Waals surface area contributed by atoms with Crippen molar-refractivity contribution in [2.45, 2.75) is 44.2 Å². The van der Waals surface area contributed by atoms with Crippen molar-refractivity contribution in [2.75, 3.05) is 14.2 Å². The quantitative estimate of drug-likeness (QED) is 0.883. The summed E-state index contributed by atoms with van der Waals surface area (Å²) in [6.07, 6.45) is -2.51. The number of benzene rings is 1. The first-order valence-corrected chi connectivity index (χ1v) is 6.72. The average Bonchev–Trinajstić information content (AvgIpc) is 2.46. The van der Waals surface area contributed by atoms with Crippen molar-refractivity contribution in [2.24, 2.45) is 0 Å². The first kappa shape index (κ1) is 15.4. The molecule has 0 bridgehead atoms. The number of methoxy groups -OCH3 is 2. The normalized spacial score (nSPS) is 34.1. The molecule has 112 valence electrons. The number of hydrogen-bond acceptors (Lipinski definition) is 5. The fourth-order valence-electron chi connectivity index (χ4n) is 2.51. The Morgan fingerprint density at radius 1 is 1.05 bits per heavy atom. The van der Waals surface area contributed by atoms with E-state index in [2.05, 4.69) is 0 Å². The summed E-state index contributed by atoms with van der Waals surface area (Å²) in [6, 6.07) is 9.90. The van der Waals surface area contributed by atoms with Crippen LogP contribution in [0.1, 0.15) is 12.5 Å². The van der Waals surface area contributed by atoms with Crippen molar-refractivity contribution in [1.82, 2.24) is 0 Å². The molecular weight excluding hydrogens is 260 g/mol. The molecule has 1 aliphatic heterocycles. The fourth-order valence-corrected chi connectivity index (χ4v) is 2.51. The standard InChI is InChI=1S/C15H22O5/c1-10-12(19-9-11-7-5-4-6-8-11)13(17-2)14(18-3)15(16)20-10/h4-8,10,12-16H,9H2,1-3H3/t10-,12+,13-,14-,15-/m1/s1. The second kappa shape index (κ2) is 7.15. The van der Waals surface area contributed by atoms with E-state index in [4.69, 9.17) is 18.9 Å². The minimum Gasteiger partial charge on any atom is -0.376 e. The molecule has 1 saturated heterocycles. The van der Waals surface area contributed by atoms with Gasteiger partial charge in [-0.1, -0.05) is 30.3 Å². The van der Waals surface area contributed by atoms with E-state index >= 15 is 0 Å². The van der Waals surface area contributed by atoms with Crippen LogP contribution in [0.25, 0.3) is 0 Å². The van der Waals surface area contributed by atoms with Crippen molar-refractivity contribution < 1.29 is 24.1 Å². The van der Waals surface area contributed by atoms with Crippen LogP contribution in [0.5, 0.6) is 0 Å². The number of ether oxygens (including phenoxy) is 4. The van der Waals surface area contributed by atoms with Crippen LogP contribution in [0.4, 0.5) is 0 Å². The molecule has 1 aliphatic rings. The number of hydrogen-bond donors (Lipinski definition) is 1. The van der Waals surface area contributed by atoms with Gasteiger partial charge in [-0.2, -0.15) is 0 Å². The second-order valence-electron chi connectivity index (χ2n) is 4.89. The Morgan fingerprint density at radius 2 is 1.70 bits per heavy atom. The third kappa shape index (κ3) is 3.37. The van der Waals surface area contributed by atoms with Crippen LogP contribution < -0.4 is 0 Å². The zero-order valence-electron chi connectivity index (χ0n) is 12.1. The molecule has 0 amide bonds. The first-order chi connectivity index (χ1) is 9.67. The lowest BCUT2D eigenvalue weighted by Crippen LogP contribution is -2.58. The Hall–Kier alpha value is -0.980. The van der Waals surface area contributed by atoms with Gasteiger partial charge in [0.1, 0.15) is 18.3 Å². The smallest absolute Gasteiger partial charge is 0.184 e. The summed E-state index contributed by atoms with van der Waals surface area (Å²) in [6.45, 7) is 2.32. The molecule has 1 fully saturated rings. The maximum absolute atomic E-state index is 9.86. The maximum atomic E-state index is 9.86. The van der Waals surface area contributed by atoms with Crippen LogP contribution in [0.15, 0.2) is 30.3 Å². The molecule has 0 spiro atoms. The molecule has 5 atom stereocenters. The maximum Gasteiger partial charge on any atom is 0.184 e. The van der Waals surface area contributed by atoms with E-state index in [-0.39, 0.29) is 18.3 Å². The average molecular weight is 282 g/mol. The lowest BCUT2D eigenvalue weighted by atomic mass is 9.99. The molecule has 0 saturated carbocycles. The van der Waals surface area contributed by atoms with Gasteiger partial charge in [0.05, 0.1) is 12.7 Å². The van der Waals surface area contributed by atoms with Crippen LogP contribution in [0, 0.1) is 0 Å². The van der Waals surface area contributed by atoms with Crippen molar-refractivity contribution in [1.29, 1.82) is 0 Å². The van der Waals surface area contributed by atoms with Gasteiger partial charge in [-0.3, -0.25) is 0 Å². The summed E-state index contributed by atoms with van der Waals surface area (Å²) in [5.41, 5.74) is 1.08. The Labute approximate surface area is 119 Å². The Bertz CT molecular complexity index is 397. The molecule has 20 heavy (non-hydrogen) atoms. The second-order valence-corrected chi connectivity index (χ2v) is 4.89. The van der Waals surface area contributed by atoms with Gasteiger partial charge < -0.3 is 24.1 Å². The highest BCUT2D eigenvalue weighted by atomic mass is 16.7. The monoisotopic (exact) mass is 282 g/mol. The lowest BCUT2D eigenvalue weighted by Gasteiger charge is -2.42. The molecule has 1 N–H and O–H groups in total. The predicted molar refractivity (Wildman–Crippen MR) is 73.2 cm³/mol. The van der Waals surface area contributed by atoms with Crippen LogP contribution in [0.3, 0.4) is 0 Å². The predicted octanol–water partition coefficient (Wildman–Crippen LogP) is 1.34. The van der Waals surface area contributed by atoms with E-state index in [0.29, 0.717) is 6.61 Å². The number of rotatable bonds is 5. The molecular formula is C15H22O5. The summed E-state index contributed by atoms with van der Waals surface area (Å²) in [5, 5.41) is 9.86. The minimum absolute atomic E-state index is 0.273. The third-order valence-electron chi connectivity index (χ3n) is 3.57. The molecule has 5 nitrogen and oxygen atoms in total. The molecule has 1 aromatic rings. The minimum atomic E-state index is -1.00.